The van der Waals surface area contributed by atoms with E-state index in [0.29, 0.717) is 5.56 Å². The number of amides is 1. The molecule has 3 rings (SSSR count). The third-order valence-electron chi connectivity index (χ3n) is 4.67. The summed E-state index contributed by atoms with van der Waals surface area (Å²) in [7, 11) is 0. The normalized spacial score (nSPS) is 11.8. The minimum atomic E-state index is -4.53. The van der Waals surface area contributed by atoms with Crippen LogP contribution in [0.3, 0.4) is 0 Å². The standard InChI is InChI=1S/C23H17F3IN3O/c1-14-10-16(15(2)30(14)21-8-6-19(27)7-9-21)11-17(13-28)22(31)29-20-5-3-4-18(12-20)23(24,25)26/h3-12H,1-2H3,(H,29,31)/b17-11+. The van der Waals surface area contributed by atoms with Crippen LogP contribution in [0.15, 0.2) is 60.2 Å². The zero-order chi connectivity index (χ0) is 22.8. The molecule has 1 aromatic heterocycles. The number of carbonyl (C=O) groups excluding carboxylic acids is 1. The number of aryl methyl sites for hydroxylation is 1. The van der Waals surface area contributed by atoms with Gasteiger partial charge in [-0.15, -0.1) is 0 Å². The van der Waals surface area contributed by atoms with Gasteiger partial charge in [-0.3, -0.25) is 4.79 Å². The molecule has 0 unspecified atom stereocenters. The summed E-state index contributed by atoms with van der Waals surface area (Å²) >= 11 is 2.22. The van der Waals surface area contributed by atoms with E-state index in [1.165, 1.54) is 18.2 Å². The van der Waals surface area contributed by atoms with Gasteiger partial charge in [-0.05, 0) is 96.6 Å². The smallest absolute Gasteiger partial charge is 0.321 e. The lowest BCUT2D eigenvalue weighted by molar-refractivity contribution is -0.137. The quantitative estimate of drug-likeness (QED) is 0.244. The van der Waals surface area contributed by atoms with E-state index < -0.39 is 17.6 Å². The van der Waals surface area contributed by atoms with Gasteiger partial charge in [-0.25, -0.2) is 0 Å². The van der Waals surface area contributed by atoms with Crippen molar-refractivity contribution in [3.63, 3.8) is 0 Å². The van der Waals surface area contributed by atoms with Gasteiger partial charge in [0.1, 0.15) is 11.6 Å². The predicted molar refractivity (Wildman–Crippen MR) is 122 cm³/mol. The second-order valence-electron chi connectivity index (χ2n) is 6.84. The zero-order valence-corrected chi connectivity index (χ0v) is 18.7. The molecule has 2 aromatic carbocycles. The molecule has 1 N–H and O–H groups in total. The Balaban J connectivity index is 1.90. The number of alkyl halides is 3. The molecular formula is C23H17F3IN3O. The molecule has 1 amide bonds. The highest BCUT2D eigenvalue weighted by Crippen LogP contribution is 2.31. The van der Waals surface area contributed by atoms with Crippen LogP contribution >= 0.6 is 22.6 Å². The van der Waals surface area contributed by atoms with E-state index in [-0.39, 0.29) is 11.3 Å². The molecule has 31 heavy (non-hydrogen) atoms. The van der Waals surface area contributed by atoms with E-state index in [1.807, 2.05) is 54.8 Å². The van der Waals surface area contributed by atoms with Crippen molar-refractivity contribution >= 4 is 40.3 Å². The fourth-order valence-electron chi connectivity index (χ4n) is 3.20. The number of hydrogen-bond acceptors (Lipinski definition) is 2. The number of rotatable bonds is 4. The Hall–Kier alpha value is -3.06. The fraction of sp³-hybridized carbons (Fsp3) is 0.130. The van der Waals surface area contributed by atoms with Crippen molar-refractivity contribution in [1.82, 2.24) is 4.57 Å². The Kier molecular flexibility index (Phi) is 6.55. The summed E-state index contributed by atoms with van der Waals surface area (Å²) in [6.07, 6.45) is -3.09. The Morgan fingerprint density at radius 2 is 1.81 bits per heavy atom. The molecule has 0 aliphatic carbocycles. The number of nitrogens with one attached hydrogen (secondary N) is 1. The maximum Gasteiger partial charge on any atom is 0.416 e. The molecule has 1 heterocycles. The van der Waals surface area contributed by atoms with Crippen molar-refractivity contribution in [2.45, 2.75) is 20.0 Å². The molecule has 0 radical (unpaired) electrons. The van der Waals surface area contributed by atoms with Crippen LogP contribution in [0.5, 0.6) is 0 Å². The summed E-state index contributed by atoms with van der Waals surface area (Å²) in [5.74, 6) is -0.777. The van der Waals surface area contributed by atoms with Crippen molar-refractivity contribution < 1.29 is 18.0 Å². The molecule has 0 atom stereocenters. The molecule has 0 saturated carbocycles. The van der Waals surface area contributed by atoms with Gasteiger partial charge < -0.3 is 9.88 Å². The summed E-state index contributed by atoms with van der Waals surface area (Å²) in [4.78, 5) is 12.5. The van der Waals surface area contributed by atoms with Gasteiger partial charge in [0.05, 0.1) is 5.56 Å². The van der Waals surface area contributed by atoms with E-state index in [0.717, 1.165) is 32.8 Å². The van der Waals surface area contributed by atoms with Crippen molar-refractivity contribution in [3.8, 4) is 11.8 Å². The lowest BCUT2D eigenvalue weighted by Crippen LogP contribution is -2.14. The number of halogens is 4. The van der Waals surface area contributed by atoms with E-state index >= 15 is 0 Å². The fourth-order valence-corrected chi connectivity index (χ4v) is 3.56. The summed E-state index contributed by atoms with van der Waals surface area (Å²) in [5, 5.41) is 11.8. The van der Waals surface area contributed by atoms with Crippen molar-refractivity contribution in [2.24, 2.45) is 0 Å². The molecule has 0 saturated heterocycles. The van der Waals surface area contributed by atoms with Crippen LogP contribution < -0.4 is 5.32 Å². The summed E-state index contributed by atoms with van der Waals surface area (Å²) in [6, 6.07) is 15.9. The maximum atomic E-state index is 12.9. The third-order valence-corrected chi connectivity index (χ3v) is 5.39. The van der Waals surface area contributed by atoms with Crippen LogP contribution in [-0.2, 0) is 11.0 Å². The number of carbonyl (C=O) groups is 1. The molecule has 0 fully saturated rings. The first-order chi connectivity index (χ1) is 14.6. The highest BCUT2D eigenvalue weighted by Gasteiger charge is 2.30. The first-order valence-corrected chi connectivity index (χ1v) is 10.2. The second kappa shape index (κ2) is 8.98. The first-order valence-electron chi connectivity index (χ1n) is 9.15. The number of nitriles is 1. The van der Waals surface area contributed by atoms with Gasteiger partial charge in [0.25, 0.3) is 5.91 Å². The highest BCUT2D eigenvalue weighted by molar-refractivity contribution is 14.1. The molecular weight excluding hydrogens is 518 g/mol. The summed E-state index contributed by atoms with van der Waals surface area (Å²) in [6.45, 7) is 3.79. The van der Waals surface area contributed by atoms with Crippen LogP contribution in [0.2, 0.25) is 0 Å². The number of aromatic nitrogens is 1. The van der Waals surface area contributed by atoms with Crippen molar-refractivity contribution in [3.05, 3.63) is 86.3 Å². The molecule has 158 valence electrons. The molecule has 0 aliphatic heterocycles. The van der Waals surface area contributed by atoms with Gasteiger partial charge in [0, 0.05) is 26.3 Å². The van der Waals surface area contributed by atoms with Crippen LogP contribution in [0.25, 0.3) is 11.8 Å². The minimum absolute atomic E-state index is 0.0367. The molecule has 0 spiro atoms. The SMILES string of the molecule is Cc1cc(/C=C(\C#N)C(=O)Nc2cccc(C(F)(F)F)c2)c(C)n1-c1ccc(I)cc1. The zero-order valence-electron chi connectivity index (χ0n) is 16.6. The Morgan fingerprint density at radius 3 is 2.42 bits per heavy atom. The Bertz CT molecular complexity index is 1200. The topological polar surface area (TPSA) is 57.8 Å². The maximum absolute atomic E-state index is 12.9. The van der Waals surface area contributed by atoms with Gasteiger partial charge in [0.15, 0.2) is 0 Å². The van der Waals surface area contributed by atoms with Crippen LogP contribution in [0, 0.1) is 28.7 Å². The number of nitrogens with zero attached hydrogens (tertiary/aromatic N) is 2. The van der Waals surface area contributed by atoms with E-state index in [2.05, 4.69) is 27.9 Å². The average Bonchev–Trinajstić information content (AvgIpc) is 2.99. The molecule has 0 aliphatic rings. The summed E-state index contributed by atoms with van der Waals surface area (Å²) < 4.78 is 41.8. The van der Waals surface area contributed by atoms with Crippen molar-refractivity contribution in [2.75, 3.05) is 5.32 Å². The third kappa shape index (κ3) is 5.17. The number of anilines is 1. The van der Waals surface area contributed by atoms with Crippen LogP contribution in [-0.4, -0.2) is 10.5 Å². The Morgan fingerprint density at radius 1 is 1.13 bits per heavy atom. The number of benzene rings is 2. The molecule has 3 aromatic rings. The average molecular weight is 535 g/mol. The Labute approximate surface area is 191 Å². The van der Waals surface area contributed by atoms with Gasteiger partial charge in [-0.2, -0.15) is 18.4 Å². The van der Waals surface area contributed by atoms with Crippen molar-refractivity contribution in [1.29, 1.82) is 5.26 Å². The van der Waals surface area contributed by atoms with Crippen LogP contribution in [0.4, 0.5) is 18.9 Å². The lowest BCUT2D eigenvalue weighted by atomic mass is 10.1. The molecule has 8 heteroatoms. The first kappa shape index (κ1) is 22.6. The summed E-state index contributed by atoms with van der Waals surface area (Å²) in [5.41, 5.74) is 2.24. The molecule has 0 bridgehead atoms. The minimum Gasteiger partial charge on any atom is -0.321 e. The van der Waals surface area contributed by atoms with Crippen LogP contribution in [0.1, 0.15) is 22.5 Å². The van der Waals surface area contributed by atoms with Gasteiger partial charge >= 0.3 is 6.18 Å². The van der Waals surface area contributed by atoms with E-state index in [1.54, 1.807) is 0 Å². The predicted octanol–water partition coefficient (Wildman–Crippen LogP) is 6.26. The number of hydrogen-bond donors (Lipinski definition) is 1. The lowest BCUT2D eigenvalue weighted by Gasteiger charge is -2.10. The molecule has 4 nitrogen and oxygen atoms in total. The monoisotopic (exact) mass is 535 g/mol. The second-order valence-corrected chi connectivity index (χ2v) is 8.09. The van der Waals surface area contributed by atoms with Gasteiger partial charge in [0.2, 0.25) is 0 Å². The van der Waals surface area contributed by atoms with E-state index in [9.17, 15) is 23.2 Å². The highest BCUT2D eigenvalue weighted by atomic mass is 127. The van der Waals surface area contributed by atoms with Gasteiger partial charge in [-0.1, -0.05) is 6.07 Å². The largest absolute Gasteiger partial charge is 0.416 e. The van der Waals surface area contributed by atoms with E-state index in [4.69, 9.17) is 0 Å².